The molecule has 0 unspecified atom stereocenters. The van der Waals surface area contributed by atoms with Crippen LogP contribution in [0.4, 0.5) is 5.69 Å². The molecular formula is C27H32N4O3S. The fourth-order valence-electron chi connectivity index (χ4n) is 4.17. The summed E-state index contributed by atoms with van der Waals surface area (Å²) in [7, 11) is 1.75. The lowest BCUT2D eigenvalue weighted by Crippen LogP contribution is -2.47. The number of aryl methyl sites for hydroxylation is 1. The zero-order chi connectivity index (χ0) is 25.3. The monoisotopic (exact) mass is 492 g/mol. The van der Waals surface area contributed by atoms with Crippen LogP contribution in [0.2, 0.25) is 0 Å². The van der Waals surface area contributed by atoms with Crippen molar-refractivity contribution in [1.82, 2.24) is 15.0 Å². The number of fused-ring (bicyclic) bond motifs is 1. The smallest absolute Gasteiger partial charge is 0.323 e. The molecule has 0 fully saturated rings. The van der Waals surface area contributed by atoms with E-state index >= 15 is 0 Å². The SMILES string of the molecule is Cc1ccc(-c2nc(C(C)(C)C)cs2)cc1N(CC(=O)O)CC(=O)N(C)N1Cc2ccccc2C1. The summed E-state index contributed by atoms with van der Waals surface area (Å²) in [5.41, 5.74) is 5.93. The Kier molecular flexibility index (Phi) is 6.96. The van der Waals surface area contributed by atoms with Crippen LogP contribution >= 0.6 is 11.3 Å². The van der Waals surface area contributed by atoms with E-state index in [-0.39, 0.29) is 24.4 Å². The minimum atomic E-state index is -0.983. The third-order valence-corrected chi connectivity index (χ3v) is 7.22. The molecule has 1 amide bonds. The average Bonchev–Trinajstić information content (AvgIpc) is 3.45. The van der Waals surface area contributed by atoms with Crippen LogP contribution in [0.25, 0.3) is 10.6 Å². The Morgan fingerprint density at radius 3 is 2.31 bits per heavy atom. The molecule has 184 valence electrons. The lowest BCUT2D eigenvalue weighted by Gasteiger charge is -2.31. The number of hydrogen-bond donors (Lipinski definition) is 1. The second kappa shape index (κ2) is 9.79. The third kappa shape index (κ3) is 5.55. The standard InChI is InChI=1S/C27H32N4O3S/c1-18-10-11-19(26-28-23(17-35-26)27(2,3)4)12-22(18)30(16-25(33)34)15-24(32)29(5)31-13-20-8-6-7-9-21(20)14-31/h6-12,17H,13-16H2,1-5H3,(H,33,34). The van der Waals surface area contributed by atoms with Gasteiger partial charge in [-0.05, 0) is 29.7 Å². The van der Waals surface area contributed by atoms with E-state index in [0.717, 1.165) is 27.5 Å². The predicted molar refractivity (Wildman–Crippen MR) is 139 cm³/mol. The first-order valence-corrected chi connectivity index (χ1v) is 12.5. The van der Waals surface area contributed by atoms with E-state index in [0.29, 0.717) is 13.1 Å². The quantitative estimate of drug-likeness (QED) is 0.515. The zero-order valence-electron chi connectivity index (χ0n) is 20.9. The van der Waals surface area contributed by atoms with Gasteiger partial charge < -0.3 is 10.0 Å². The Morgan fingerprint density at radius 1 is 1.09 bits per heavy atom. The van der Waals surface area contributed by atoms with Gasteiger partial charge in [0.05, 0.1) is 12.2 Å². The molecule has 1 aliphatic rings. The Balaban J connectivity index is 1.56. The number of rotatable bonds is 7. The summed E-state index contributed by atoms with van der Waals surface area (Å²) in [5.74, 6) is -1.14. The van der Waals surface area contributed by atoms with Crippen molar-refractivity contribution in [2.75, 3.05) is 25.0 Å². The molecule has 2 heterocycles. The molecule has 7 nitrogen and oxygen atoms in total. The maximum Gasteiger partial charge on any atom is 0.323 e. The molecule has 0 saturated heterocycles. The summed E-state index contributed by atoms with van der Waals surface area (Å²) in [6.45, 7) is 9.33. The van der Waals surface area contributed by atoms with Gasteiger partial charge in [-0.1, -0.05) is 57.2 Å². The molecule has 0 saturated carbocycles. The van der Waals surface area contributed by atoms with Crippen molar-refractivity contribution in [2.24, 2.45) is 0 Å². The topological polar surface area (TPSA) is 77.0 Å². The van der Waals surface area contributed by atoms with E-state index in [1.807, 2.05) is 42.3 Å². The third-order valence-electron chi connectivity index (χ3n) is 6.33. The Bertz CT molecular complexity index is 1220. The molecular weight excluding hydrogens is 460 g/mol. The molecule has 3 aromatic rings. The molecule has 4 rings (SSSR count). The van der Waals surface area contributed by atoms with Crippen molar-refractivity contribution >= 4 is 28.9 Å². The minimum Gasteiger partial charge on any atom is -0.480 e. The fraction of sp³-hybridized carbons (Fsp3) is 0.370. The summed E-state index contributed by atoms with van der Waals surface area (Å²) in [4.78, 5) is 31.4. The van der Waals surface area contributed by atoms with Crippen molar-refractivity contribution in [3.8, 4) is 10.6 Å². The van der Waals surface area contributed by atoms with Gasteiger partial charge in [0.15, 0.2) is 0 Å². The summed E-state index contributed by atoms with van der Waals surface area (Å²) in [6, 6.07) is 14.1. The summed E-state index contributed by atoms with van der Waals surface area (Å²) >= 11 is 1.57. The van der Waals surface area contributed by atoms with E-state index in [2.05, 4.69) is 38.3 Å². The average molecular weight is 493 g/mol. The van der Waals surface area contributed by atoms with Crippen molar-refractivity contribution < 1.29 is 14.7 Å². The van der Waals surface area contributed by atoms with Crippen LogP contribution in [-0.4, -0.2) is 52.1 Å². The molecule has 1 N–H and O–H groups in total. The summed E-state index contributed by atoms with van der Waals surface area (Å²) < 4.78 is 0. The zero-order valence-corrected chi connectivity index (χ0v) is 21.7. The number of carbonyl (C=O) groups is 2. The maximum absolute atomic E-state index is 13.3. The van der Waals surface area contributed by atoms with Gasteiger partial charge in [-0.2, -0.15) is 0 Å². The first-order chi connectivity index (χ1) is 16.5. The normalized spacial score (nSPS) is 13.5. The number of thiazole rings is 1. The van der Waals surface area contributed by atoms with Crippen molar-refractivity contribution in [2.45, 2.75) is 46.2 Å². The molecule has 2 aromatic carbocycles. The van der Waals surface area contributed by atoms with Gasteiger partial charge in [-0.25, -0.2) is 9.99 Å². The number of carboxylic acids is 1. The lowest BCUT2D eigenvalue weighted by molar-refractivity contribution is -0.145. The van der Waals surface area contributed by atoms with E-state index in [1.54, 1.807) is 28.3 Å². The van der Waals surface area contributed by atoms with E-state index in [4.69, 9.17) is 4.98 Å². The molecule has 1 aromatic heterocycles. The summed E-state index contributed by atoms with van der Waals surface area (Å²) in [5, 5.41) is 16.2. The largest absolute Gasteiger partial charge is 0.480 e. The van der Waals surface area contributed by atoms with Crippen LogP contribution in [0.5, 0.6) is 0 Å². The number of carbonyl (C=O) groups excluding carboxylic acids is 1. The number of benzene rings is 2. The van der Waals surface area contributed by atoms with Gasteiger partial charge in [0.25, 0.3) is 5.91 Å². The number of aliphatic carboxylic acids is 1. The lowest BCUT2D eigenvalue weighted by atomic mass is 9.93. The number of anilines is 1. The van der Waals surface area contributed by atoms with Crippen molar-refractivity contribution in [1.29, 1.82) is 0 Å². The van der Waals surface area contributed by atoms with E-state index < -0.39 is 5.97 Å². The maximum atomic E-state index is 13.3. The highest BCUT2D eigenvalue weighted by Crippen LogP contribution is 2.33. The van der Waals surface area contributed by atoms with Crippen LogP contribution in [0.1, 0.15) is 43.2 Å². The molecule has 1 aliphatic heterocycles. The molecule has 0 spiro atoms. The minimum absolute atomic E-state index is 0.0367. The number of aromatic nitrogens is 1. The van der Waals surface area contributed by atoms with Crippen LogP contribution in [-0.2, 0) is 28.1 Å². The van der Waals surface area contributed by atoms with Crippen LogP contribution in [0.15, 0.2) is 47.8 Å². The Labute approximate surface area is 210 Å². The van der Waals surface area contributed by atoms with Gasteiger partial charge in [-0.3, -0.25) is 14.6 Å². The van der Waals surface area contributed by atoms with Crippen LogP contribution in [0, 0.1) is 6.92 Å². The second-order valence-corrected chi connectivity index (χ2v) is 10.9. The van der Waals surface area contributed by atoms with E-state index in [1.165, 1.54) is 11.1 Å². The highest BCUT2D eigenvalue weighted by Gasteiger charge is 2.27. The molecule has 0 atom stereocenters. The molecule has 0 aliphatic carbocycles. The molecule has 35 heavy (non-hydrogen) atoms. The van der Waals surface area contributed by atoms with Crippen molar-refractivity contribution in [3.05, 3.63) is 70.2 Å². The van der Waals surface area contributed by atoms with Gasteiger partial charge in [0, 0.05) is 42.2 Å². The highest BCUT2D eigenvalue weighted by atomic mass is 32.1. The first kappa shape index (κ1) is 24.9. The van der Waals surface area contributed by atoms with Crippen LogP contribution in [0.3, 0.4) is 0 Å². The number of hydrogen-bond acceptors (Lipinski definition) is 6. The number of amides is 1. The van der Waals surface area contributed by atoms with Gasteiger partial charge >= 0.3 is 5.97 Å². The highest BCUT2D eigenvalue weighted by molar-refractivity contribution is 7.13. The second-order valence-electron chi connectivity index (χ2n) is 10.0. The Morgan fingerprint density at radius 2 is 1.74 bits per heavy atom. The van der Waals surface area contributed by atoms with Crippen molar-refractivity contribution in [3.63, 3.8) is 0 Å². The van der Waals surface area contributed by atoms with Crippen LogP contribution < -0.4 is 4.90 Å². The summed E-state index contributed by atoms with van der Waals surface area (Å²) in [6.07, 6.45) is 0. The number of hydrazine groups is 1. The van der Waals surface area contributed by atoms with E-state index in [9.17, 15) is 14.7 Å². The number of carboxylic acid groups (broad SMARTS) is 1. The molecule has 8 heteroatoms. The number of nitrogens with zero attached hydrogens (tertiary/aromatic N) is 4. The fourth-order valence-corrected chi connectivity index (χ4v) is 5.22. The Hall–Kier alpha value is -3.23. The molecule has 0 bridgehead atoms. The predicted octanol–water partition coefficient (Wildman–Crippen LogP) is 4.70. The number of likely N-dealkylation sites (N-methyl/N-ethyl adjacent to an activating group) is 1. The molecule has 0 radical (unpaired) electrons. The van der Waals surface area contributed by atoms with Gasteiger partial charge in [0.2, 0.25) is 0 Å². The first-order valence-electron chi connectivity index (χ1n) is 11.6. The van der Waals surface area contributed by atoms with Gasteiger partial charge in [-0.15, -0.1) is 11.3 Å². The van der Waals surface area contributed by atoms with Gasteiger partial charge in [0.1, 0.15) is 11.6 Å².